The summed E-state index contributed by atoms with van der Waals surface area (Å²) in [7, 11) is 0. The Kier molecular flexibility index (Phi) is 3.99. The van der Waals surface area contributed by atoms with Gasteiger partial charge in [-0.1, -0.05) is 30.3 Å². The van der Waals surface area contributed by atoms with Crippen molar-refractivity contribution in [3.05, 3.63) is 53.7 Å². The van der Waals surface area contributed by atoms with Crippen molar-refractivity contribution in [2.24, 2.45) is 0 Å². The van der Waals surface area contributed by atoms with Gasteiger partial charge >= 0.3 is 0 Å². The van der Waals surface area contributed by atoms with Gasteiger partial charge in [-0.3, -0.25) is 4.79 Å². The minimum Gasteiger partial charge on any atom is -0.438 e. The summed E-state index contributed by atoms with van der Waals surface area (Å²) in [5.74, 6) is 0.212. The van der Waals surface area contributed by atoms with Gasteiger partial charge in [-0.2, -0.15) is 0 Å². The Morgan fingerprint density at radius 1 is 1.44 bits per heavy atom. The zero-order valence-electron chi connectivity index (χ0n) is 9.89. The van der Waals surface area contributed by atoms with Gasteiger partial charge in [0.2, 0.25) is 5.76 Å². The predicted molar refractivity (Wildman–Crippen MR) is 68.6 cm³/mol. The van der Waals surface area contributed by atoms with Crippen molar-refractivity contribution in [3.63, 3.8) is 0 Å². The molecule has 1 amide bonds. The molecular formula is C13H13ClN2O2. The van der Waals surface area contributed by atoms with Crippen LogP contribution in [0.15, 0.2) is 41.1 Å². The first-order chi connectivity index (χ1) is 8.72. The van der Waals surface area contributed by atoms with Crippen LogP contribution < -0.4 is 5.32 Å². The number of benzene rings is 1. The number of halogens is 1. The highest BCUT2D eigenvalue weighted by atomic mass is 35.5. The Hall–Kier alpha value is -1.81. The molecule has 0 saturated carbocycles. The van der Waals surface area contributed by atoms with Crippen LogP contribution in [0, 0.1) is 6.92 Å². The molecule has 18 heavy (non-hydrogen) atoms. The van der Waals surface area contributed by atoms with E-state index in [9.17, 15) is 4.79 Å². The first kappa shape index (κ1) is 12.6. The summed E-state index contributed by atoms with van der Waals surface area (Å²) in [4.78, 5) is 15.8. The molecule has 0 aliphatic heterocycles. The van der Waals surface area contributed by atoms with Gasteiger partial charge in [0.25, 0.3) is 5.91 Å². The molecule has 1 N–H and O–H groups in total. The van der Waals surface area contributed by atoms with E-state index < -0.39 is 0 Å². The Labute approximate surface area is 110 Å². The second-order valence-electron chi connectivity index (χ2n) is 3.86. The van der Waals surface area contributed by atoms with Crippen LogP contribution >= 0.6 is 11.6 Å². The molecule has 0 fully saturated rings. The van der Waals surface area contributed by atoms with Crippen LogP contribution in [0.1, 0.15) is 27.9 Å². The molecule has 1 unspecified atom stereocenters. The van der Waals surface area contributed by atoms with Crippen LogP contribution in [0.25, 0.3) is 0 Å². The van der Waals surface area contributed by atoms with E-state index in [4.69, 9.17) is 16.0 Å². The van der Waals surface area contributed by atoms with E-state index in [1.54, 1.807) is 6.92 Å². The van der Waals surface area contributed by atoms with Crippen molar-refractivity contribution >= 4 is 17.5 Å². The lowest BCUT2D eigenvalue weighted by Crippen LogP contribution is -2.29. The number of rotatable bonds is 4. The summed E-state index contributed by atoms with van der Waals surface area (Å²) in [6.45, 7) is 1.72. The monoisotopic (exact) mass is 264 g/mol. The molecule has 4 nitrogen and oxygen atoms in total. The maximum Gasteiger partial charge on any atom is 0.289 e. The molecular weight excluding hydrogens is 252 g/mol. The van der Waals surface area contributed by atoms with E-state index in [2.05, 4.69) is 10.3 Å². The van der Waals surface area contributed by atoms with Crippen LogP contribution in [-0.2, 0) is 0 Å². The largest absolute Gasteiger partial charge is 0.438 e. The van der Waals surface area contributed by atoms with Crippen molar-refractivity contribution in [2.45, 2.75) is 13.0 Å². The summed E-state index contributed by atoms with van der Waals surface area (Å²) in [5.41, 5.74) is 1.52. The lowest BCUT2D eigenvalue weighted by Gasteiger charge is -2.15. The molecule has 2 rings (SSSR count). The Morgan fingerprint density at radius 3 is 2.72 bits per heavy atom. The lowest BCUT2D eigenvalue weighted by atomic mass is 10.1. The summed E-state index contributed by atoms with van der Waals surface area (Å²) in [5, 5.41) is 2.82. The van der Waals surface area contributed by atoms with Crippen LogP contribution in [-0.4, -0.2) is 16.8 Å². The third kappa shape index (κ3) is 2.71. The maximum atomic E-state index is 12.0. The van der Waals surface area contributed by atoms with Crippen molar-refractivity contribution < 1.29 is 9.21 Å². The van der Waals surface area contributed by atoms with Gasteiger partial charge in [0.1, 0.15) is 0 Å². The standard InChI is InChI=1S/C13H13ClN2O2/c1-9-12(18-8-15-9)13(17)16-11(7-14)10-5-3-2-4-6-10/h2-6,8,11H,7H2,1H3,(H,16,17). The van der Waals surface area contributed by atoms with E-state index >= 15 is 0 Å². The van der Waals surface area contributed by atoms with Gasteiger partial charge in [-0.15, -0.1) is 11.6 Å². The third-order valence-electron chi connectivity index (χ3n) is 2.61. The third-order valence-corrected chi connectivity index (χ3v) is 2.92. The van der Waals surface area contributed by atoms with Crippen molar-refractivity contribution in [1.82, 2.24) is 10.3 Å². The minimum absolute atomic E-state index is 0.223. The first-order valence-electron chi connectivity index (χ1n) is 5.54. The highest BCUT2D eigenvalue weighted by Crippen LogP contribution is 2.15. The normalized spacial score (nSPS) is 12.1. The topological polar surface area (TPSA) is 55.1 Å². The Morgan fingerprint density at radius 2 is 2.17 bits per heavy atom. The number of nitrogens with zero attached hydrogens (tertiary/aromatic N) is 1. The number of carbonyl (C=O) groups excluding carboxylic acids is 1. The Bertz CT molecular complexity index is 525. The number of amides is 1. The predicted octanol–water partition coefficient (Wildman–Crippen LogP) is 2.69. The molecule has 1 aromatic heterocycles. The number of hydrogen-bond acceptors (Lipinski definition) is 3. The van der Waals surface area contributed by atoms with E-state index in [0.29, 0.717) is 11.6 Å². The molecule has 0 aliphatic carbocycles. The fourth-order valence-electron chi connectivity index (χ4n) is 1.64. The summed E-state index contributed by atoms with van der Waals surface area (Å²) in [6.07, 6.45) is 1.25. The van der Waals surface area contributed by atoms with E-state index in [1.807, 2.05) is 30.3 Å². The molecule has 1 heterocycles. The number of carbonyl (C=O) groups is 1. The summed E-state index contributed by atoms with van der Waals surface area (Å²) < 4.78 is 5.04. The van der Waals surface area contributed by atoms with Crippen molar-refractivity contribution in [2.75, 3.05) is 5.88 Å². The van der Waals surface area contributed by atoms with E-state index in [-0.39, 0.29) is 17.7 Å². The van der Waals surface area contributed by atoms with Crippen LogP contribution in [0.5, 0.6) is 0 Å². The number of aryl methyl sites for hydroxylation is 1. The van der Waals surface area contributed by atoms with Crippen molar-refractivity contribution in [1.29, 1.82) is 0 Å². The number of hydrogen-bond donors (Lipinski definition) is 1. The quantitative estimate of drug-likeness (QED) is 0.864. The number of alkyl halides is 1. The first-order valence-corrected chi connectivity index (χ1v) is 6.07. The smallest absolute Gasteiger partial charge is 0.289 e. The number of oxazole rings is 1. The molecule has 1 atom stereocenters. The van der Waals surface area contributed by atoms with Crippen LogP contribution in [0.4, 0.5) is 0 Å². The number of nitrogens with one attached hydrogen (secondary N) is 1. The highest BCUT2D eigenvalue weighted by molar-refractivity contribution is 6.18. The fourth-order valence-corrected chi connectivity index (χ4v) is 1.90. The molecule has 0 bridgehead atoms. The molecule has 0 spiro atoms. The van der Waals surface area contributed by atoms with Gasteiger partial charge < -0.3 is 9.73 Å². The molecule has 2 aromatic rings. The molecule has 5 heteroatoms. The average molecular weight is 265 g/mol. The molecule has 94 valence electrons. The van der Waals surface area contributed by atoms with Gasteiger partial charge in [0.15, 0.2) is 6.39 Å². The molecule has 1 aromatic carbocycles. The minimum atomic E-state index is -0.306. The van der Waals surface area contributed by atoms with Gasteiger partial charge in [-0.05, 0) is 12.5 Å². The average Bonchev–Trinajstić information content (AvgIpc) is 2.83. The zero-order valence-corrected chi connectivity index (χ0v) is 10.6. The number of aromatic nitrogens is 1. The SMILES string of the molecule is Cc1ncoc1C(=O)NC(CCl)c1ccccc1. The van der Waals surface area contributed by atoms with Crippen molar-refractivity contribution in [3.8, 4) is 0 Å². The lowest BCUT2D eigenvalue weighted by molar-refractivity contribution is 0.0911. The van der Waals surface area contributed by atoms with Gasteiger partial charge in [0, 0.05) is 5.88 Å². The Balaban J connectivity index is 2.13. The zero-order chi connectivity index (χ0) is 13.0. The summed E-state index contributed by atoms with van der Waals surface area (Å²) in [6, 6.07) is 9.31. The highest BCUT2D eigenvalue weighted by Gasteiger charge is 2.18. The van der Waals surface area contributed by atoms with Crippen LogP contribution in [0.3, 0.4) is 0 Å². The van der Waals surface area contributed by atoms with Crippen LogP contribution in [0.2, 0.25) is 0 Å². The van der Waals surface area contributed by atoms with Gasteiger partial charge in [0.05, 0.1) is 11.7 Å². The molecule has 0 saturated heterocycles. The van der Waals surface area contributed by atoms with Gasteiger partial charge in [-0.25, -0.2) is 4.98 Å². The second kappa shape index (κ2) is 5.69. The fraction of sp³-hybridized carbons (Fsp3) is 0.231. The second-order valence-corrected chi connectivity index (χ2v) is 4.17. The van der Waals surface area contributed by atoms with E-state index in [0.717, 1.165) is 5.56 Å². The maximum absolute atomic E-state index is 12.0. The van der Waals surface area contributed by atoms with E-state index in [1.165, 1.54) is 6.39 Å². The molecule has 0 aliphatic rings. The molecule has 0 radical (unpaired) electrons. The summed E-state index contributed by atoms with van der Waals surface area (Å²) >= 11 is 5.89.